The SMILES string of the molecule is O=c1ccc(Br)cn1CC1=CCCC1. The second-order valence-corrected chi connectivity index (χ2v) is 4.48. The first kappa shape index (κ1) is 9.71. The molecule has 0 spiro atoms. The van der Waals surface area contributed by atoms with Crippen LogP contribution in [0.25, 0.3) is 0 Å². The van der Waals surface area contributed by atoms with Crippen LogP contribution in [0.3, 0.4) is 0 Å². The second kappa shape index (κ2) is 4.13. The predicted molar refractivity (Wildman–Crippen MR) is 60.3 cm³/mol. The highest BCUT2D eigenvalue weighted by molar-refractivity contribution is 9.10. The number of rotatable bonds is 2. The molecule has 3 heteroatoms. The summed E-state index contributed by atoms with van der Waals surface area (Å²) in [6.45, 7) is 0.748. The van der Waals surface area contributed by atoms with E-state index in [0.29, 0.717) is 0 Å². The zero-order valence-corrected chi connectivity index (χ0v) is 9.46. The van der Waals surface area contributed by atoms with Gasteiger partial charge in [0.15, 0.2) is 0 Å². The van der Waals surface area contributed by atoms with Crippen molar-refractivity contribution in [1.29, 1.82) is 0 Å². The van der Waals surface area contributed by atoms with Crippen molar-refractivity contribution in [1.82, 2.24) is 4.57 Å². The van der Waals surface area contributed by atoms with Gasteiger partial charge in [-0.3, -0.25) is 4.79 Å². The van der Waals surface area contributed by atoms with E-state index < -0.39 is 0 Å². The number of aromatic nitrogens is 1. The fourth-order valence-electron chi connectivity index (χ4n) is 1.73. The molecule has 0 amide bonds. The van der Waals surface area contributed by atoms with Crippen LogP contribution in [-0.4, -0.2) is 4.57 Å². The van der Waals surface area contributed by atoms with Crippen molar-refractivity contribution in [2.75, 3.05) is 0 Å². The standard InChI is InChI=1S/C11H12BrNO/c12-10-5-6-11(14)13(8-10)7-9-3-1-2-4-9/h3,5-6,8H,1-2,4,7H2. The van der Waals surface area contributed by atoms with Crippen molar-refractivity contribution in [2.45, 2.75) is 25.8 Å². The van der Waals surface area contributed by atoms with E-state index in [1.807, 2.05) is 6.20 Å². The molecule has 2 rings (SSSR count). The molecule has 1 heterocycles. The average Bonchev–Trinajstić information content (AvgIpc) is 2.64. The van der Waals surface area contributed by atoms with Crippen molar-refractivity contribution in [2.24, 2.45) is 0 Å². The minimum Gasteiger partial charge on any atom is -0.310 e. The molecule has 1 aromatic heterocycles. The van der Waals surface area contributed by atoms with Gasteiger partial charge in [-0.1, -0.05) is 11.6 Å². The van der Waals surface area contributed by atoms with Gasteiger partial charge in [-0.05, 0) is 41.3 Å². The van der Waals surface area contributed by atoms with Crippen LogP contribution >= 0.6 is 15.9 Å². The summed E-state index contributed by atoms with van der Waals surface area (Å²) in [5, 5.41) is 0. The number of halogens is 1. The van der Waals surface area contributed by atoms with E-state index in [0.717, 1.165) is 23.9 Å². The highest BCUT2D eigenvalue weighted by Gasteiger charge is 2.05. The van der Waals surface area contributed by atoms with Crippen LogP contribution < -0.4 is 5.56 Å². The van der Waals surface area contributed by atoms with Crippen molar-refractivity contribution in [3.63, 3.8) is 0 Å². The molecule has 0 atom stereocenters. The molecule has 0 saturated carbocycles. The molecule has 1 aliphatic rings. The zero-order valence-electron chi connectivity index (χ0n) is 7.87. The molecule has 2 nitrogen and oxygen atoms in total. The minimum atomic E-state index is 0.0704. The number of nitrogens with zero attached hydrogens (tertiary/aromatic N) is 1. The quantitative estimate of drug-likeness (QED) is 0.744. The number of hydrogen-bond acceptors (Lipinski definition) is 1. The van der Waals surface area contributed by atoms with E-state index in [-0.39, 0.29) is 5.56 Å². The van der Waals surface area contributed by atoms with Crippen LogP contribution in [0, 0.1) is 0 Å². The molecule has 14 heavy (non-hydrogen) atoms. The maximum atomic E-state index is 11.5. The maximum absolute atomic E-state index is 11.5. The van der Waals surface area contributed by atoms with Crippen molar-refractivity contribution >= 4 is 15.9 Å². The third-order valence-corrected chi connectivity index (χ3v) is 2.92. The fourth-order valence-corrected chi connectivity index (χ4v) is 2.10. The molecule has 74 valence electrons. The molecule has 1 aliphatic carbocycles. The first-order valence-electron chi connectivity index (χ1n) is 4.79. The van der Waals surface area contributed by atoms with Crippen molar-refractivity contribution in [3.05, 3.63) is 44.8 Å². The normalized spacial score (nSPS) is 15.6. The first-order chi connectivity index (χ1) is 6.75. The van der Waals surface area contributed by atoms with Gasteiger partial charge in [0.25, 0.3) is 5.56 Å². The van der Waals surface area contributed by atoms with Crippen LogP contribution in [0.2, 0.25) is 0 Å². The van der Waals surface area contributed by atoms with Crippen LogP contribution in [0.1, 0.15) is 19.3 Å². The van der Waals surface area contributed by atoms with Gasteiger partial charge < -0.3 is 4.57 Å². The largest absolute Gasteiger partial charge is 0.310 e. The lowest BCUT2D eigenvalue weighted by molar-refractivity contribution is 0.719. The molecule has 0 radical (unpaired) electrons. The minimum absolute atomic E-state index is 0.0704. The average molecular weight is 254 g/mol. The van der Waals surface area contributed by atoms with Gasteiger partial charge in [-0.25, -0.2) is 0 Å². The lowest BCUT2D eigenvalue weighted by Gasteiger charge is -2.06. The van der Waals surface area contributed by atoms with E-state index in [1.54, 1.807) is 16.7 Å². The van der Waals surface area contributed by atoms with Crippen molar-refractivity contribution in [3.8, 4) is 0 Å². The van der Waals surface area contributed by atoms with E-state index in [2.05, 4.69) is 22.0 Å². The molecular weight excluding hydrogens is 242 g/mol. The van der Waals surface area contributed by atoms with Crippen LogP contribution in [0.15, 0.2) is 39.2 Å². The Labute approximate surface area is 91.4 Å². The Morgan fingerprint density at radius 1 is 1.43 bits per heavy atom. The monoisotopic (exact) mass is 253 g/mol. The summed E-state index contributed by atoms with van der Waals surface area (Å²) in [6, 6.07) is 3.38. The molecule has 0 aliphatic heterocycles. The van der Waals surface area contributed by atoms with E-state index >= 15 is 0 Å². The van der Waals surface area contributed by atoms with Gasteiger partial charge >= 0.3 is 0 Å². The molecule has 0 unspecified atom stereocenters. The van der Waals surface area contributed by atoms with Gasteiger partial charge in [-0.15, -0.1) is 0 Å². The maximum Gasteiger partial charge on any atom is 0.250 e. The van der Waals surface area contributed by atoms with Gasteiger partial charge in [0, 0.05) is 23.3 Å². The summed E-state index contributed by atoms with van der Waals surface area (Å²) in [5.74, 6) is 0. The van der Waals surface area contributed by atoms with E-state index in [1.165, 1.54) is 12.0 Å². The Hall–Kier alpha value is -0.830. The molecule has 0 N–H and O–H groups in total. The van der Waals surface area contributed by atoms with Crippen molar-refractivity contribution < 1.29 is 0 Å². The molecule has 0 saturated heterocycles. The predicted octanol–water partition coefficient (Wildman–Crippen LogP) is 2.72. The molecule has 1 aromatic rings. The van der Waals surface area contributed by atoms with Gasteiger partial charge in [0.2, 0.25) is 0 Å². The molecular formula is C11H12BrNO. The Kier molecular flexibility index (Phi) is 2.87. The summed E-state index contributed by atoms with van der Waals surface area (Å²) in [7, 11) is 0. The highest BCUT2D eigenvalue weighted by atomic mass is 79.9. The van der Waals surface area contributed by atoms with Gasteiger partial charge in [0.1, 0.15) is 0 Å². The first-order valence-corrected chi connectivity index (χ1v) is 5.59. The fraction of sp³-hybridized carbons (Fsp3) is 0.364. The summed E-state index contributed by atoms with van der Waals surface area (Å²) in [4.78, 5) is 11.5. The Bertz CT molecular complexity index is 420. The van der Waals surface area contributed by atoms with E-state index in [9.17, 15) is 4.79 Å². The van der Waals surface area contributed by atoms with Crippen LogP contribution in [-0.2, 0) is 6.54 Å². The van der Waals surface area contributed by atoms with Gasteiger partial charge in [-0.2, -0.15) is 0 Å². The summed E-state index contributed by atoms with van der Waals surface area (Å²) < 4.78 is 2.71. The van der Waals surface area contributed by atoms with Crippen LogP contribution in [0.5, 0.6) is 0 Å². The molecule has 0 aromatic carbocycles. The van der Waals surface area contributed by atoms with E-state index in [4.69, 9.17) is 0 Å². The number of allylic oxidation sites excluding steroid dienone is 2. The number of pyridine rings is 1. The Balaban J connectivity index is 2.23. The lowest BCUT2D eigenvalue weighted by atomic mass is 10.2. The smallest absolute Gasteiger partial charge is 0.250 e. The summed E-state index contributed by atoms with van der Waals surface area (Å²) in [5.41, 5.74) is 1.45. The number of hydrogen-bond donors (Lipinski definition) is 0. The third kappa shape index (κ3) is 2.15. The third-order valence-electron chi connectivity index (χ3n) is 2.46. The molecule has 0 bridgehead atoms. The topological polar surface area (TPSA) is 22.0 Å². The lowest BCUT2D eigenvalue weighted by Crippen LogP contribution is -2.18. The summed E-state index contributed by atoms with van der Waals surface area (Å²) in [6.07, 6.45) is 7.63. The Morgan fingerprint density at radius 3 is 3.00 bits per heavy atom. The molecule has 0 fully saturated rings. The zero-order chi connectivity index (χ0) is 9.97. The Morgan fingerprint density at radius 2 is 2.29 bits per heavy atom. The second-order valence-electron chi connectivity index (χ2n) is 3.57. The summed E-state index contributed by atoms with van der Waals surface area (Å²) >= 11 is 3.37. The van der Waals surface area contributed by atoms with Gasteiger partial charge in [0.05, 0.1) is 0 Å². The highest BCUT2D eigenvalue weighted by Crippen LogP contribution is 2.18. The van der Waals surface area contributed by atoms with Crippen LogP contribution in [0.4, 0.5) is 0 Å².